The second kappa shape index (κ2) is 38.0. The van der Waals surface area contributed by atoms with E-state index >= 15 is 8.78 Å². The zero-order chi connectivity index (χ0) is 71.0. The maximum absolute atomic E-state index is 18.4. The molecule has 0 saturated carbocycles. The molecule has 0 fully saturated rings. The van der Waals surface area contributed by atoms with Gasteiger partial charge >= 0.3 is 11.9 Å². The highest BCUT2D eigenvalue weighted by Crippen LogP contribution is 2.60. The van der Waals surface area contributed by atoms with E-state index < -0.39 is 23.6 Å². The smallest absolute Gasteiger partial charge is 0.351 e. The molecule has 10 rings (SSSR count). The minimum atomic E-state index is -0.631. The molecule has 0 amide bonds. The van der Waals surface area contributed by atoms with Crippen LogP contribution in [0.2, 0.25) is 0 Å². The van der Waals surface area contributed by atoms with Crippen molar-refractivity contribution in [1.29, 1.82) is 0 Å². The fraction of sp³-hybridized carbons (Fsp3) is 0.585. The zero-order valence-corrected chi connectivity index (χ0v) is 68.0. The third kappa shape index (κ3) is 17.8. The molecule has 8 nitrogen and oxygen atoms in total. The van der Waals surface area contributed by atoms with Gasteiger partial charge < -0.3 is 28.4 Å². The minimum absolute atomic E-state index is 0.00710. The van der Waals surface area contributed by atoms with Gasteiger partial charge in [0.25, 0.3) is 0 Å². The number of ether oxygens (including phenoxy) is 6. The summed E-state index contributed by atoms with van der Waals surface area (Å²) in [4.78, 5) is 33.6. The number of thiophene rings is 8. The van der Waals surface area contributed by atoms with Gasteiger partial charge in [0, 0.05) is 52.3 Å². The first-order valence-electron chi connectivity index (χ1n) is 38.0. The largest absolute Gasteiger partial charge is 0.491 e. The number of halogens is 2. The van der Waals surface area contributed by atoms with Crippen molar-refractivity contribution < 1.29 is 46.8 Å². The fourth-order valence-corrected chi connectivity index (χ4v) is 23.3. The molecule has 2 aromatic carbocycles. The van der Waals surface area contributed by atoms with Gasteiger partial charge in [0.1, 0.15) is 32.8 Å². The summed E-state index contributed by atoms with van der Waals surface area (Å²) in [7, 11) is 0. The first-order valence-corrected chi connectivity index (χ1v) is 44.7. The normalized spacial score (nSPS) is 13.9. The van der Waals surface area contributed by atoms with Gasteiger partial charge in [-0.2, -0.15) is 0 Å². The molecule has 6 atom stereocenters. The zero-order valence-electron chi connectivity index (χ0n) is 61.4. The summed E-state index contributed by atoms with van der Waals surface area (Å²) in [5.41, 5.74) is 0. The molecule has 0 aliphatic rings. The van der Waals surface area contributed by atoms with E-state index in [2.05, 4.69) is 113 Å². The number of hydrogen-bond acceptors (Lipinski definition) is 16. The molecule has 10 aromatic rings. The van der Waals surface area contributed by atoms with Gasteiger partial charge in [0.2, 0.25) is 0 Å². The fourth-order valence-electron chi connectivity index (χ4n) is 13.6. The van der Waals surface area contributed by atoms with Crippen molar-refractivity contribution >= 4 is 163 Å². The Hall–Kier alpha value is -4.40. The predicted octanol–water partition coefficient (Wildman–Crippen LogP) is 29.5. The molecule has 8 aromatic heterocycles. The van der Waals surface area contributed by atoms with Gasteiger partial charge in [-0.25, -0.2) is 18.4 Å². The molecule has 0 aliphatic heterocycles. The lowest BCUT2D eigenvalue weighted by molar-refractivity contribution is 0.0420. The van der Waals surface area contributed by atoms with Gasteiger partial charge in [-0.1, -0.05) is 199 Å². The average molecular weight is 1520 g/mol. The lowest BCUT2D eigenvalue weighted by atomic mass is 10.0. The van der Waals surface area contributed by atoms with E-state index in [0.717, 1.165) is 251 Å². The van der Waals surface area contributed by atoms with Crippen molar-refractivity contribution in [3.63, 3.8) is 0 Å². The Kier molecular flexibility index (Phi) is 29.7. The van der Waals surface area contributed by atoms with E-state index in [4.69, 9.17) is 28.4 Å². The van der Waals surface area contributed by atoms with Crippen LogP contribution in [-0.2, 0) is 9.47 Å². The van der Waals surface area contributed by atoms with Gasteiger partial charge in [0.05, 0.1) is 82.5 Å². The molecule has 6 unspecified atom stereocenters. The molecule has 0 N–H and O–H groups in total. The van der Waals surface area contributed by atoms with Gasteiger partial charge in [0.15, 0.2) is 11.6 Å². The highest BCUT2D eigenvalue weighted by Gasteiger charge is 2.34. The maximum atomic E-state index is 18.4. The number of esters is 2. The Morgan fingerprint density at radius 1 is 0.360 bits per heavy atom. The summed E-state index contributed by atoms with van der Waals surface area (Å²) in [6, 6.07) is 8.82. The summed E-state index contributed by atoms with van der Waals surface area (Å²) in [5, 5.41) is 8.65. The molecule has 8 heterocycles. The molecule has 0 radical (unpaired) electrons. The molecule has 0 spiro atoms. The number of fused-ring (bicyclic) bond motifs is 6. The Balaban J connectivity index is 1.19. The molecule has 546 valence electrons. The maximum Gasteiger partial charge on any atom is 0.351 e. The highest BCUT2D eigenvalue weighted by molar-refractivity contribution is 7.35. The molecule has 0 aliphatic carbocycles. The third-order valence-electron chi connectivity index (χ3n) is 20.6. The number of carbonyl (C=O) groups excluding carboxylic acids is 2. The van der Waals surface area contributed by atoms with Crippen molar-refractivity contribution in [2.24, 2.45) is 35.5 Å². The van der Waals surface area contributed by atoms with Crippen LogP contribution in [-0.4, -0.2) is 51.6 Å². The van der Waals surface area contributed by atoms with E-state index in [0.29, 0.717) is 65.6 Å². The van der Waals surface area contributed by atoms with Gasteiger partial charge in [-0.15, -0.1) is 90.7 Å². The Morgan fingerprint density at radius 2 is 0.710 bits per heavy atom. The molecule has 0 saturated heterocycles. The molecule has 100 heavy (non-hydrogen) atoms. The first-order chi connectivity index (χ1) is 48.7. The van der Waals surface area contributed by atoms with Crippen LogP contribution in [0, 0.1) is 47.1 Å². The lowest BCUT2D eigenvalue weighted by Crippen LogP contribution is -2.14. The summed E-state index contributed by atoms with van der Waals surface area (Å²) in [5.74, 6) is 2.73. The summed E-state index contributed by atoms with van der Waals surface area (Å²) >= 11 is 12.0. The minimum Gasteiger partial charge on any atom is -0.491 e. The highest BCUT2D eigenvalue weighted by atomic mass is 32.1. The number of carbonyl (C=O) groups is 2. The van der Waals surface area contributed by atoms with E-state index in [1.54, 1.807) is 56.7 Å². The monoisotopic (exact) mass is 1510 g/mol. The third-order valence-corrected chi connectivity index (χ3v) is 30.2. The predicted molar refractivity (Wildman–Crippen MR) is 433 cm³/mol. The second-order valence-electron chi connectivity index (χ2n) is 27.7. The van der Waals surface area contributed by atoms with Crippen LogP contribution in [0.15, 0.2) is 35.0 Å². The number of rotatable bonds is 45. The second-order valence-corrected chi connectivity index (χ2v) is 35.8. The standard InChI is InChI=1S/C82H108F2O8S8/c1-13-25-31-49(19-7)42-87-66-55-37-38-93-70(55)67(88-43-50(20-8)32-26-14-2)56-41-62(97-71(56)66)77-78-63(65(84)80(100-78)82(86)92-47-54(24-12)36-30-18-6)75(99-77)60-39-57-68(89-44-51(21-9)33-27-15-3)73-58(69(72(57)95-60)90-45-52(22-10)34-28-16-4)40-61(96-73)76-74-59(48-94-76)64(83)79(98-74)81(85)91-46-53(23-11)35-29-17-5/h37-41,48-54H,13-36,42-47H2,1-12H3. The SMILES string of the molecule is CCCCC(CC)COC(=O)c1sc2c(-c3cc4c(OCC(CC)CCCC)c5sc(-c6sc(-c7cc8c(OCC(CC)CCCC)c9sccc9c(OCC(CC)CCCC)c8s7)c7sc(C(=O)OCC(CC)CCCC)c(F)c67)cc5c(OCC(CC)CCCC)c4s3)scc2c1F. The summed E-state index contributed by atoms with van der Waals surface area (Å²) < 4.78 is 81.3. The van der Waals surface area contributed by atoms with Crippen LogP contribution < -0.4 is 18.9 Å². The van der Waals surface area contributed by atoms with Crippen molar-refractivity contribution in [3.8, 4) is 52.3 Å². The first kappa shape index (κ1) is 78.2. The average Bonchev–Trinajstić information content (AvgIpc) is 1.56. The van der Waals surface area contributed by atoms with Crippen molar-refractivity contribution in [2.75, 3.05) is 39.6 Å². The summed E-state index contributed by atoms with van der Waals surface area (Å²) in [6.45, 7) is 29.3. The van der Waals surface area contributed by atoms with Crippen LogP contribution in [0.5, 0.6) is 23.0 Å². The van der Waals surface area contributed by atoms with Crippen molar-refractivity contribution in [1.82, 2.24) is 0 Å². The van der Waals surface area contributed by atoms with E-state index in [-0.39, 0.29) is 34.8 Å². The van der Waals surface area contributed by atoms with Crippen LogP contribution in [0.4, 0.5) is 8.78 Å². The molecular weight excluding hydrogens is 1410 g/mol. The van der Waals surface area contributed by atoms with Crippen LogP contribution >= 0.6 is 90.7 Å². The topological polar surface area (TPSA) is 89.5 Å². The summed E-state index contributed by atoms with van der Waals surface area (Å²) in [6.07, 6.45) is 25.0. The van der Waals surface area contributed by atoms with Gasteiger partial charge in [-0.05, 0) is 104 Å². The number of unbranched alkanes of at least 4 members (excludes halogenated alkanes) is 6. The Bertz CT molecular complexity index is 4120. The van der Waals surface area contributed by atoms with Crippen LogP contribution in [0.1, 0.15) is 257 Å². The van der Waals surface area contributed by atoms with Crippen molar-refractivity contribution in [2.45, 2.75) is 237 Å². The number of benzene rings is 2. The Morgan fingerprint density at radius 3 is 1.11 bits per heavy atom. The quantitative estimate of drug-likeness (QED) is 0.0349. The molecule has 18 heteroatoms. The van der Waals surface area contributed by atoms with E-state index in [1.807, 2.05) is 5.38 Å². The Labute approximate surface area is 625 Å². The van der Waals surface area contributed by atoms with Gasteiger partial charge in [-0.3, -0.25) is 0 Å². The van der Waals surface area contributed by atoms with Crippen molar-refractivity contribution in [3.05, 3.63) is 56.4 Å². The van der Waals surface area contributed by atoms with E-state index in [9.17, 15) is 9.59 Å². The molecule has 0 bridgehead atoms. The number of hydrogen-bond donors (Lipinski definition) is 0. The van der Waals surface area contributed by atoms with Crippen LogP contribution in [0.25, 0.3) is 89.8 Å². The lowest BCUT2D eigenvalue weighted by Gasteiger charge is -2.19. The van der Waals surface area contributed by atoms with E-state index in [1.165, 1.54) is 34.0 Å². The molecular formula is C82H108F2O8S8. The van der Waals surface area contributed by atoms with Crippen LogP contribution in [0.3, 0.4) is 0 Å².